The number of hydrogen-bond acceptors (Lipinski definition) is 6. The van der Waals surface area contributed by atoms with E-state index in [0.29, 0.717) is 42.9 Å². The number of aromatic nitrogens is 2. The minimum atomic E-state index is -5.08. The minimum absolute atomic E-state index is 0.0650. The van der Waals surface area contributed by atoms with Crippen LogP contribution in [0.4, 0.5) is 17.6 Å². The van der Waals surface area contributed by atoms with Crippen molar-refractivity contribution in [3.63, 3.8) is 0 Å². The average Bonchev–Trinajstić information content (AvgIpc) is 2.88. The molecule has 2 N–H and O–H groups in total. The summed E-state index contributed by atoms with van der Waals surface area (Å²) in [5.41, 5.74) is 2.10. The van der Waals surface area contributed by atoms with E-state index in [-0.39, 0.29) is 35.2 Å². The van der Waals surface area contributed by atoms with Gasteiger partial charge in [-0.25, -0.2) is 14.3 Å². The van der Waals surface area contributed by atoms with Gasteiger partial charge in [0.1, 0.15) is 12.4 Å². The maximum absolute atomic E-state index is 14.6. The number of H-pyrrole nitrogens is 1. The number of halogens is 4. The Balaban J connectivity index is 0.000000587. The van der Waals surface area contributed by atoms with Gasteiger partial charge in [-0.1, -0.05) is 6.07 Å². The van der Waals surface area contributed by atoms with E-state index in [1.165, 1.54) is 17.0 Å². The summed E-state index contributed by atoms with van der Waals surface area (Å²) in [6.07, 6.45) is -3.21. The van der Waals surface area contributed by atoms with Gasteiger partial charge in [-0.3, -0.25) is 14.4 Å². The van der Waals surface area contributed by atoms with Crippen molar-refractivity contribution in [1.82, 2.24) is 20.0 Å². The van der Waals surface area contributed by atoms with E-state index in [4.69, 9.17) is 14.6 Å². The van der Waals surface area contributed by atoms with Gasteiger partial charge < -0.3 is 19.6 Å². The number of hydrogen-bond donors (Lipinski definition) is 2. The van der Waals surface area contributed by atoms with Crippen LogP contribution in [0.1, 0.15) is 59.4 Å². The van der Waals surface area contributed by atoms with E-state index in [9.17, 15) is 31.9 Å². The standard InChI is InChI=1S/C25H31FN4O4.C2HF3O2/c1-15-16(2)23(32)28-27-21(15)12-17-5-6-20(26)19(11-17)24(33)29-8-9-30(22(31)14-29)18-7-10-34-25(3,4)13-18;3-2(4,5)1(6)7/h5-6,11,18H,7-10,12-14H2,1-4H3,(H,28,32);(H,6,7). The maximum atomic E-state index is 14.6. The molecular formula is C27H32F4N4O6. The molecule has 2 aliphatic rings. The fourth-order valence-electron chi connectivity index (χ4n) is 4.77. The van der Waals surface area contributed by atoms with Crippen molar-refractivity contribution in [2.24, 2.45) is 0 Å². The molecule has 3 heterocycles. The lowest BCUT2D eigenvalue weighted by Gasteiger charge is -2.44. The molecule has 1 atom stereocenters. The molecular weight excluding hydrogens is 552 g/mol. The van der Waals surface area contributed by atoms with Gasteiger partial charge in [0.05, 0.1) is 16.9 Å². The van der Waals surface area contributed by atoms with E-state index in [2.05, 4.69) is 10.2 Å². The highest BCUT2D eigenvalue weighted by atomic mass is 19.4. The predicted octanol–water partition coefficient (Wildman–Crippen LogP) is 2.99. The monoisotopic (exact) mass is 584 g/mol. The molecule has 1 aromatic heterocycles. The second-order valence-electron chi connectivity index (χ2n) is 10.6. The van der Waals surface area contributed by atoms with Crippen molar-refractivity contribution in [2.75, 3.05) is 26.2 Å². The normalized spacial score (nSPS) is 18.9. The number of nitrogens with zero attached hydrogens (tertiary/aromatic N) is 3. The van der Waals surface area contributed by atoms with Gasteiger partial charge in [-0.15, -0.1) is 0 Å². The summed E-state index contributed by atoms with van der Waals surface area (Å²) >= 11 is 0. The first-order chi connectivity index (χ1) is 19.0. The van der Waals surface area contributed by atoms with Crippen LogP contribution in [0.2, 0.25) is 0 Å². The molecule has 0 spiro atoms. The number of rotatable bonds is 4. The molecule has 0 bridgehead atoms. The molecule has 10 nitrogen and oxygen atoms in total. The number of aliphatic carboxylic acids is 1. The average molecular weight is 585 g/mol. The minimum Gasteiger partial charge on any atom is -0.475 e. The highest BCUT2D eigenvalue weighted by Crippen LogP contribution is 2.28. The number of nitrogens with one attached hydrogen (secondary N) is 1. The Labute approximate surface area is 233 Å². The summed E-state index contributed by atoms with van der Waals surface area (Å²) in [6.45, 7) is 8.88. The Bertz CT molecular complexity index is 1370. The number of aromatic amines is 1. The quantitative estimate of drug-likeness (QED) is 0.528. The van der Waals surface area contributed by atoms with Gasteiger partial charge in [0.2, 0.25) is 5.91 Å². The van der Waals surface area contributed by atoms with E-state index < -0.39 is 23.9 Å². The fraction of sp³-hybridized carbons (Fsp3) is 0.519. The van der Waals surface area contributed by atoms with Gasteiger partial charge in [-0.05, 0) is 63.8 Å². The number of carboxylic acids is 1. The smallest absolute Gasteiger partial charge is 0.475 e. The summed E-state index contributed by atoms with van der Waals surface area (Å²) in [6, 6.07) is 4.46. The van der Waals surface area contributed by atoms with Gasteiger partial charge in [0.15, 0.2) is 0 Å². The van der Waals surface area contributed by atoms with Crippen LogP contribution in [0.15, 0.2) is 23.0 Å². The summed E-state index contributed by atoms with van der Waals surface area (Å²) in [5.74, 6) is -4.01. The summed E-state index contributed by atoms with van der Waals surface area (Å²) in [4.78, 5) is 49.9. The highest BCUT2D eigenvalue weighted by Gasteiger charge is 2.39. The summed E-state index contributed by atoms with van der Waals surface area (Å²) < 4.78 is 52.1. The second kappa shape index (κ2) is 12.4. The third-order valence-corrected chi connectivity index (χ3v) is 7.16. The first-order valence-electron chi connectivity index (χ1n) is 12.9. The van der Waals surface area contributed by atoms with E-state index in [0.717, 1.165) is 18.4 Å². The third kappa shape index (κ3) is 7.90. The summed E-state index contributed by atoms with van der Waals surface area (Å²) in [5, 5.41) is 13.7. The molecule has 0 radical (unpaired) electrons. The molecule has 41 heavy (non-hydrogen) atoms. The fourth-order valence-corrected chi connectivity index (χ4v) is 4.77. The molecule has 0 aliphatic carbocycles. The SMILES string of the molecule is Cc1c(Cc2ccc(F)c(C(=O)N3CCN(C4CCOC(C)(C)C4)C(=O)C3)c2)n[nH]c(=O)c1C.O=C(O)C(F)(F)F. The number of carbonyl (C=O) groups is 3. The van der Waals surface area contributed by atoms with E-state index in [1.54, 1.807) is 13.0 Å². The number of benzene rings is 1. The van der Waals surface area contributed by atoms with Gasteiger partial charge in [0.25, 0.3) is 11.5 Å². The van der Waals surface area contributed by atoms with Crippen molar-refractivity contribution < 1.29 is 41.8 Å². The Morgan fingerprint density at radius 3 is 2.41 bits per heavy atom. The molecule has 2 saturated heterocycles. The van der Waals surface area contributed by atoms with Crippen LogP contribution >= 0.6 is 0 Å². The van der Waals surface area contributed by atoms with Crippen molar-refractivity contribution >= 4 is 17.8 Å². The Hall–Kier alpha value is -3.81. The molecule has 4 rings (SSSR count). The van der Waals surface area contributed by atoms with Crippen LogP contribution in [0, 0.1) is 19.7 Å². The summed E-state index contributed by atoms with van der Waals surface area (Å²) in [7, 11) is 0. The highest BCUT2D eigenvalue weighted by molar-refractivity contribution is 5.97. The lowest BCUT2D eigenvalue weighted by atomic mass is 9.92. The zero-order valence-electron chi connectivity index (χ0n) is 23.1. The predicted molar refractivity (Wildman–Crippen MR) is 138 cm³/mol. The van der Waals surface area contributed by atoms with Crippen molar-refractivity contribution in [1.29, 1.82) is 0 Å². The number of alkyl halides is 3. The number of carboxylic acid groups (broad SMARTS) is 1. The Morgan fingerprint density at radius 1 is 1.17 bits per heavy atom. The Morgan fingerprint density at radius 2 is 1.83 bits per heavy atom. The van der Waals surface area contributed by atoms with Crippen molar-refractivity contribution in [3.8, 4) is 0 Å². The van der Waals surface area contributed by atoms with Crippen LogP contribution in [-0.2, 0) is 20.7 Å². The van der Waals surface area contributed by atoms with Gasteiger partial charge >= 0.3 is 12.1 Å². The van der Waals surface area contributed by atoms with Crippen LogP contribution in [0.25, 0.3) is 0 Å². The van der Waals surface area contributed by atoms with Crippen LogP contribution < -0.4 is 5.56 Å². The lowest BCUT2D eigenvalue weighted by Crippen LogP contribution is -2.57. The van der Waals surface area contributed by atoms with E-state index in [1.807, 2.05) is 25.7 Å². The molecule has 1 unspecified atom stereocenters. The molecule has 14 heteroatoms. The number of piperazine rings is 1. The van der Waals surface area contributed by atoms with Crippen molar-refractivity contribution in [3.05, 3.63) is 62.3 Å². The number of amides is 2. The van der Waals surface area contributed by atoms with Crippen LogP contribution in [-0.4, -0.2) is 86.9 Å². The largest absolute Gasteiger partial charge is 0.490 e. The van der Waals surface area contributed by atoms with Crippen LogP contribution in [0.3, 0.4) is 0 Å². The molecule has 2 amide bonds. The lowest BCUT2D eigenvalue weighted by molar-refractivity contribution is -0.192. The van der Waals surface area contributed by atoms with Gasteiger partial charge in [0, 0.05) is 37.7 Å². The van der Waals surface area contributed by atoms with Gasteiger partial charge in [-0.2, -0.15) is 18.3 Å². The zero-order chi connectivity index (χ0) is 30.7. The first kappa shape index (κ1) is 31.7. The number of carbonyl (C=O) groups excluding carboxylic acids is 2. The molecule has 1 aromatic carbocycles. The zero-order valence-corrected chi connectivity index (χ0v) is 23.1. The van der Waals surface area contributed by atoms with Crippen molar-refractivity contribution in [2.45, 2.75) is 64.8 Å². The molecule has 2 fully saturated rings. The Kier molecular flexibility index (Phi) is 9.57. The third-order valence-electron chi connectivity index (χ3n) is 7.16. The maximum Gasteiger partial charge on any atom is 0.490 e. The van der Waals surface area contributed by atoms with Crippen LogP contribution in [0.5, 0.6) is 0 Å². The van der Waals surface area contributed by atoms with E-state index >= 15 is 0 Å². The molecule has 0 saturated carbocycles. The first-order valence-corrected chi connectivity index (χ1v) is 12.9. The number of ether oxygens (including phenoxy) is 1. The second-order valence-corrected chi connectivity index (χ2v) is 10.6. The molecule has 2 aromatic rings. The topological polar surface area (TPSA) is 133 Å². The molecule has 224 valence electrons. The molecule has 2 aliphatic heterocycles.